The lowest BCUT2D eigenvalue weighted by molar-refractivity contribution is 0.100. The Hall–Kier alpha value is -1.68. The number of primary amides is 1. The molecule has 0 fully saturated rings. The monoisotopic (exact) mass is 225 g/mol. The first kappa shape index (κ1) is 9.86. The summed E-state index contributed by atoms with van der Waals surface area (Å²) in [5.74, 6) is -0.103. The molecule has 0 unspecified atom stereocenters. The minimum Gasteiger partial charge on any atom is -0.493 e. The molecule has 0 radical (unpaired) electrons. The molecule has 2 N–H and O–H groups in total. The van der Waals surface area contributed by atoms with Gasteiger partial charge in [0, 0.05) is 5.39 Å². The summed E-state index contributed by atoms with van der Waals surface area (Å²) >= 11 is 5.77. The summed E-state index contributed by atoms with van der Waals surface area (Å²) in [6.45, 7) is 0. The zero-order chi connectivity index (χ0) is 11.0. The number of furan rings is 1. The SMILES string of the molecule is COc1cccc2c(C(N)=O)c(Cl)oc12. The van der Waals surface area contributed by atoms with Crippen molar-refractivity contribution in [2.24, 2.45) is 5.73 Å². The quantitative estimate of drug-likeness (QED) is 0.852. The van der Waals surface area contributed by atoms with Gasteiger partial charge in [-0.25, -0.2) is 0 Å². The third-order valence-corrected chi connectivity index (χ3v) is 2.37. The number of hydrogen-bond acceptors (Lipinski definition) is 3. The number of nitrogens with two attached hydrogens (primary N) is 1. The Bertz CT molecular complexity index is 533. The van der Waals surface area contributed by atoms with Gasteiger partial charge in [-0.2, -0.15) is 0 Å². The van der Waals surface area contributed by atoms with E-state index in [4.69, 9.17) is 26.5 Å². The maximum atomic E-state index is 11.1. The fourth-order valence-corrected chi connectivity index (χ4v) is 1.73. The van der Waals surface area contributed by atoms with Crippen molar-refractivity contribution in [3.8, 4) is 5.75 Å². The highest BCUT2D eigenvalue weighted by Gasteiger charge is 2.19. The number of methoxy groups -OCH3 is 1. The lowest BCUT2D eigenvalue weighted by Gasteiger charge is -1.98. The van der Waals surface area contributed by atoms with E-state index in [1.165, 1.54) is 7.11 Å². The fourth-order valence-electron chi connectivity index (χ4n) is 1.45. The van der Waals surface area contributed by atoms with Gasteiger partial charge in [0.15, 0.2) is 11.3 Å². The molecule has 2 aromatic rings. The summed E-state index contributed by atoms with van der Waals surface area (Å²) in [6, 6.07) is 5.15. The molecule has 0 saturated heterocycles. The van der Waals surface area contributed by atoms with Crippen LogP contribution in [0.5, 0.6) is 5.75 Å². The number of fused-ring (bicyclic) bond motifs is 1. The summed E-state index contributed by atoms with van der Waals surface area (Å²) in [6.07, 6.45) is 0. The van der Waals surface area contributed by atoms with Crippen molar-refractivity contribution in [1.82, 2.24) is 0 Å². The summed E-state index contributed by atoms with van der Waals surface area (Å²) in [4.78, 5) is 11.1. The first-order valence-corrected chi connectivity index (χ1v) is 4.57. The third-order valence-electron chi connectivity index (χ3n) is 2.10. The lowest BCUT2D eigenvalue weighted by Crippen LogP contribution is -2.10. The van der Waals surface area contributed by atoms with Crippen LogP contribution in [0.3, 0.4) is 0 Å². The van der Waals surface area contributed by atoms with Crippen LogP contribution in [0.25, 0.3) is 11.0 Å². The zero-order valence-corrected chi connectivity index (χ0v) is 8.67. The Kier molecular flexibility index (Phi) is 2.28. The molecule has 15 heavy (non-hydrogen) atoms. The number of carbonyl (C=O) groups excluding carboxylic acids is 1. The highest BCUT2D eigenvalue weighted by molar-refractivity contribution is 6.34. The number of benzene rings is 1. The molecule has 0 bridgehead atoms. The number of halogens is 1. The molecule has 0 atom stereocenters. The first-order valence-electron chi connectivity index (χ1n) is 4.20. The van der Waals surface area contributed by atoms with Gasteiger partial charge in [-0.1, -0.05) is 6.07 Å². The topological polar surface area (TPSA) is 65.5 Å². The van der Waals surface area contributed by atoms with Crippen LogP contribution in [-0.2, 0) is 0 Å². The zero-order valence-electron chi connectivity index (χ0n) is 7.91. The van der Waals surface area contributed by atoms with E-state index < -0.39 is 5.91 Å². The summed E-state index contributed by atoms with van der Waals surface area (Å²) in [7, 11) is 1.51. The minimum atomic E-state index is -0.619. The Labute approximate surface area is 90.6 Å². The van der Waals surface area contributed by atoms with Crippen molar-refractivity contribution >= 4 is 28.5 Å². The number of rotatable bonds is 2. The van der Waals surface area contributed by atoms with Crippen molar-refractivity contribution in [2.75, 3.05) is 7.11 Å². The van der Waals surface area contributed by atoms with Crippen molar-refractivity contribution in [1.29, 1.82) is 0 Å². The molecule has 0 spiro atoms. The Morgan fingerprint density at radius 2 is 2.27 bits per heavy atom. The van der Waals surface area contributed by atoms with E-state index >= 15 is 0 Å². The largest absolute Gasteiger partial charge is 0.493 e. The van der Waals surface area contributed by atoms with Gasteiger partial charge in [0.2, 0.25) is 5.22 Å². The van der Waals surface area contributed by atoms with Gasteiger partial charge in [-0.3, -0.25) is 4.79 Å². The molecular formula is C10H8ClNO3. The fraction of sp³-hybridized carbons (Fsp3) is 0.100. The van der Waals surface area contributed by atoms with E-state index in [1.807, 2.05) is 0 Å². The van der Waals surface area contributed by atoms with Crippen molar-refractivity contribution in [2.45, 2.75) is 0 Å². The van der Waals surface area contributed by atoms with Crippen molar-refractivity contribution in [3.05, 3.63) is 29.0 Å². The van der Waals surface area contributed by atoms with Crippen molar-refractivity contribution < 1.29 is 13.9 Å². The van der Waals surface area contributed by atoms with Gasteiger partial charge in [0.05, 0.1) is 7.11 Å². The number of hydrogen-bond donors (Lipinski definition) is 1. The molecule has 78 valence electrons. The molecule has 5 heteroatoms. The van der Waals surface area contributed by atoms with E-state index in [-0.39, 0.29) is 10.8 Å². The highest BCUT2D eigenvalue weighted by atomic mass is 35.5. The first-order chi connectivity index (χ1) is 7.15. The summed E-state index contributed by atoms with van der Waals surface area (Å²) in [5.41, 5.74) is 5.81. The van der Waals surface area contributed by atoms with Gasteiger partial charge >= 0.3 is 0 Å². The maximum absolute atomic E-state index is 11.1. The van der Waals surface area contributed by atoms with Gasteiger partial charge in [-0.15, -0.1) is 0 Å². The summed E-state index contributed by atoms with van der Waals surface area (Å²) < 4.78 is 10.3. The molecule has 0 aliphatic carbocycles. The third kappa shape index (κ3) is 1.43. The van der Waals surface area contributed by atoms with Crippen molar-refractivity contribution in [3.63, 3.8) is 0 Å². The predicted molar refractivity (Wildman–Crippen MR) is 56.3 cm³/mol. The van der Waals surface area contributed by atoms with E-state index in [1.54, 1.807) is 18.2 Å². The van der Waals surface area contributed by atoms with Crippen LogP contribution in [0, 0.1) is 0 Å². The number of carbonyl (C=O) groups is 1. The minimum absolute atomic E-state index is 0.0120. The second-order valence-electron chi connectivity index (χ2n) is 2.95. The molecule has 4 nitrogen and oxygen atoms in total. The Morgan fingerprint density at radius 3 is 2.87 bits per heavy atom. The second kappa shape index (κ2) is 3.47. The lowest BCUT2D eigenvalue weighted by atomic mass is 10.1. The molecule has 1 aromatic carbocycles. The Balaban J connectivity index is 2.84. The molecule has 2 rings (SSSR count). The molecule has 0 aliphatic rings. The normalized spacial score (nSPS) is 10.5. The van der Waals surface area contributed by atoms with E-state index in [2.05, 4.69) is 0 Å². The van der Waals surface area contributed by atoms with Gasteiger partial charge in [0.25, 0.3) is 5.91 Å². The predicted octanol–water partition coefficient (Wildman–Crippen LogP) is 2.19. The Morgan fingerprint density at radius 1 is 1.53 bits per heavy atom. The average Bonchev–Trinajstić information content (AvgIpc) is 2.53. The molecule has 0 aliphatic heterocycles. The van der Waals surface area contributed by atoms with Crippen LogP contribution < -0.4 is 10.5 Å². The molecule has 1 amide bonds. The van der Waals surface area contributed by atoms with Crippen LogP contribution in [0.1, 0.15) is 10.4 Å². The molecule has 1 aromatic heterocycles. The average molecular weight is 226 g/mol. The molecule has 1 heterocycles. The number of amides is 1. The summed E-state index contributed by atoms with van der Waals surface area (Å²) in [5, 5.41) is 0.550. The standard InChI is InChI=1S/C10H8ClNO3/c1-14-6-4-2-3-5-7(10(12)13)9(11)15-8(5)6/h2-4H,1H3,(H2,12,13). The van der Waals surface area contributed by atoms with Crippen LogP contribution in [0.2, 0.25) is 5.22 Å². The van der Waals surface area contributed by atoms with Crippen LogP contribution in [-0.4, -0.2) is 13.0 Å². The van der Waals surface area contributed by atoms with Gasteiger partial charge in [-0.05, 0) is 23.7 Å². The number of para-hydroxylation sites is 1. The highest BCUT2D eigenvalue weighted by Crippen LogP contribution is 2.34. The smallest absolute Gasteiger partial charge is 0.254 e. The van der Waals surface area contributed by atoms with Crippen LogP contribution in [0.4, 0.5) is 0 Å². The van der Waals surface area contributed by atoms with Gasteiger partial charge < -0.3 is 14.9 Å². The van der Waals surface area contributed by atoms with Gasteiger partial charge in [0.1, 0.15) is 5.56 Å². The maximum Gasteiger partial charge on any atom is 0.254 e. The van der Waals surface area contributed by atoms with E-state index in [9.17, 15) is 4.79 Å². The second-order valence-corrected chi connectivity index (χ2v) is 3.30. The van der Waals surface area contributed by atoms with Crippen LogP contribution in [0.15, 0.2) is 22.6 Å². The molecular weight excluding hydrogens is 218 g/mol. The number of ether oxygens (including phenoxy) is 1. The van der Waals surface area contributed by atoms with E-state index in [0.717, 1.165) is 0 Å². The van der Waals surface area contributed by atoms with E-state index in [0.29, 0.717) is 16.7 Å². The molecule has 0 saturated carbocycles. The van der Waals surface area contributed by atoms with Crippen LogP contribution >= 0.6 is 11.6 Å².